The Balaban J connectivity index is 1.88. The second kappa shape index (κ2) is 10.3. The fourth-order valence-electron chi connectivity index (χ4n) is 3.54. The van der Waals surface area contributed by atoms with Gasteiger partial charge in [-0.05, 0) is 42.0 Å². The van der Waals surface area contributed by atoms with Crippen LogP contribution in [0.1, 0.15) is 26.4 Å². The number of methoxy groups -OCH3 is 2. The number of ether oxygens (including phenoxy) is 3. The molecule has 1 aromatic heterocycles. The molecule has 0 aliphatic rings. The Morgan fingerprint density at radius 3 is 2.25 bits per heavy atom. The molecule has 7 nitrogen and oxygen atoms in total. The van der Waals surface area contributed by atoms with Crippen LogP contribution in [0.2, 0.25) is 0 Å². The number of para-hydroxylation sites is 1. The summed E-state index contributed by atoms with van der Waals surface area (Å²) in [7, 11) is 2.29. The van der Waals surface area contributed by atoms with Crippen molar-refractivity contribution < 1.29 is 37.0 Å². The van der Waals surface area contributed by atoms with E-state index in [1.54, 1.807) is 30.3 Å². The summed E-state index contributed by atoms with van der Waals surface area (Å²) in [6, 6.07) is 15.2. The lowest BCUT2D eigenvalue weighted by Gasteiger charge is -2.12. The van der Waals surface area contributed by atoms with E-state index in [9.17, 15) is 22.8 Å². The Kier molecular flexibility index (Phi) is 7.05. The number of benzene rings is 3. The number of rotatable bonds is 7. The van der Waals surface area contributed by atoms with Gasteiger partial charge in [-0.1, -0.05) is 24.3 Å². The van der Waals surface area contributed by atoms with Crippen molar-refractivity contribution >= 4 is 11.9 Å². The Bertz CT molecular complexity index is 1440. The molecule has 0 saturated carbocycles. The zero-order chi connectivity index (χ0) is 25.8. The highest BCUT2D eigenvalue weighted by Gasteiger charge is 2.32. The zero-order valence-electron chi connectivity index (χ0n) is 19.1. The summed E-state index contributed by atoms with van der Waals surface area (Å²) in [5.74, 6) is -4.54. The maximum atomic E-state index is 14.2. The van der Waals surface area contributed by atoms with E-state index in [1.165, 1.54) is 16.8 Å². The minimum absolute atomic E-state index is 0.0358. The summed E-state index contributed by atoms with van der Waals surface area (Å²) < 4.78 is 57.8. The van der Waals surface area contributed by atoms with E-state index in [-0.39, 0.29) is 40.4 Å². The summed E-state index contributed by atoms with van der Waals surface area (Å²) in [4.78, 5) is 25.6. The molecule has 0 unspecified atom stereocenters. The molecule has 3 aromatic carbocycles. The molecule has 4 aromatic rings. The van der Waals surface area contributed by atoms with Crippen LogP contribution >= 0.6 is 0 Å². The molecule has 0 N–H and O–H groups in total. The third kappa shape index (κ3) is 4.78. The highest BCUT2D eigenvalue weighted by Crippen LogP contribution is 2.36. The molecule has 0 aliphatic heterocycles. The largest absolute Gasteiger partial charge is 0.488 e. The second-order valence-electron chi connectivity index (χ2n) is 7.48. The quantitative estimate of drug-likeness (QED) is 0.331. The van der Waals surface area contributed by atoms with Gasteiger partial charge in [0.15, 0.2) is 17.3 Å². The van der Waals surface area contributed by atoms with Gasteiger partial charge in [-0.2, -0.15) is 5.10 Å². The number of esters is 2. The van der Waals surface area contributed by atoms with Gasteiger partial charge < -0.3 is 14.2 Å². The Morgan fingerprint density at radius 1 is 0.861 bits per heavy atom. The molecule has 10 heteroatoms. The first kappa shape index (κ1) is 24.5. The Labute approximate surface area is 203 Å². The summed E-state index contributed by atoms with van der Waals surface area (Å²) in [6.45, 7) is -0.246. The number of carbonyl (C=O) groups excluding carboxylic acids is 2. The van der Waals surface area contributed by atoms with Crippen LogP contribution in [-0.2, 0) is 16.1 Å². The van der Waals surface area contributed by atoms with E-state index >= 15 is 0 Å². The van der Waals surface area contributed by atoms with Gasteiger partial charge in [-0.3, -0.25) is 0 Å². The maximum absolute atomic E-state index is 14.2. The van der Waals surface area contributed by atoms with Crippen molar-refractivity contribution in [3.05, 3.63) is 101 Å². The van der Waals surface area contributed by atoms with Crippen LogP contribution in [0.3, 0.4) is 0 Å². The Hall–Kier alpha value is -4.60. The van der Waals surface area contributed by atoms with E-state index in [0.717, 1.165) is 38.5 Å². The zero-order valence-corrected chi connectivity index (χ0v) is 19.1. The third-order valence-electron chi connectivity index (χ3n) is 5.23. The van der Waals surface area contributed by atoms with E-state index in [2.05, 4.69) is 5.10 Å². The van der Waals surface area contributed by atoms with Crippen LogP contribution in [0.5, 0.6) is 5.75 Å². The summed E-state index contributed by atoms with van der Waals surface area (Å²) in [5.41, 5.74) is 0.410. The molecule has 4 rings (SSSR count). The molecule has 0 radical (unpaired) electrons. The van der Waals surface area contributed by atoms with E-state index in [1.807, 2.05) is 0 Å². The first-order chi connectivity index (χ1) is 17.3. The van der Waals surface area contributed by atoms with Crippen molar-refractivity contribution in [1.29, 1.82) is 0 Å². The molecule has 0 amide bonds. The normalized spacial score (nSPS) is 10.7. The highest BCUT2D eigenvalue weighted by molar-refractivity contribution is 6.07. The lowest BCUT2D eigenvalue weighted by molar-refractivity contribution is 0.0549. The average Bonchev–Trinajstić information content (AvgIpc) is 3.29. The topological polar surface area (TPSA) is 79.7 Å². The number of hydrogen-bond donors (Lipinski definition) is 0. The number of halogens is 3. The SMILES string of the molecule is COC(=O)c1c(-c2ccc(F)cc2OCc2ccc(F)c(F)c2)nn(-c2ccccc2)c1C(=O)OC. The smallest absolute Gasteiger partial charge is 0.357 e. The number of carbonyl (C=O) groups is 2. The van der Waals surface area contributed by atoms with Crippen molar-refractivity contribution in [1.82, 2.24) is 9.78 Å². The molecule has 0 fully saturated rings. The molecule has 1 heterocycles. The van der Waals surface area contributed by atoms with Gasteiger partial charge in [0.05, 0.1) is 19.9 Å². The summed E-state index contributed by atoms with van der Waals surface area (Å²) in [6.07, 6.45) is 0. The van der Waals surface area contributed by atoms with Gasteiger partial charge in [-0.25, -0.2) is 27.4 Å². The van der Waals surface area contributed by atoms with E-state index in [0.29, 0.717) is 5.69 Å². The monoisotopic (exact) mass is 496 g/mol. The molecular formula is C26H19F3N2O5. The van der Waals surface area contributed by atoms with Crippen LogP contribution in [0.4, 0.5) is 13.2 Å². The molecular weight excluding hydrogens is 477 g/mol. The van der Waals surface area contributed by atoms with Crippen LogP contribution in [-0.4, -0.2) is 35.9 Å². The van der Waals surface area contributed by atoms with Crippen LogP contribution in [0.25, 0.3) is 16.9 Å². The van der Waals surface area contributed by atoms with Crippen molar-refractivity contribution in [2.75, 3.05) is 14.2 Å². The third-order valence-corrected chi connectivity index (χ3v) is 5.23. The second-order valence-corrected chi connectivity index (χ2v) is 7.48. The molecule has 0 bridgehead atoms. The van der Waals surface area contributed by atoms with Gasteiger partial charge in [0, 0.05) is 11.6 Å². The predicted molar refractivity (Wildman–Crippen MR) is 122 cm³/mol. The lowest BCUT2D eigenvalue weighted by Crippen LogP contribution is -2.15. The molecule has 0 aliphatic carbocycles. The Morgan fingerprint density at radius 2 is 1.58 bits per heavy atom. The van der Waals surface area contributed by atoms with Gasteiger partial charge in [0.25, 0.3) is 0 Å². The van der Waals surface area contributed by atoms with Crippen molar-refractivity contribution in [2.45, 2.75) is 6.61 Å². The number of hydrogen-bond acceptors (Lipinski definition) is 6. The first-order valence-corrected chi connectivity index (χ1v) is 10.6. The van der Waals surface area contributed by atoms with Crippen LogP contribution < -0.4 is 4.74 Å². The van der Waals surface area contributed by atoms with E-state index < -0.39 is 29.4 Å². The van der Waals surface area contributed by atoms with Crippen LogP contribution in [0, 0.1) is 17.5 Å². The van der Waals surface area contributed by atoms with Gasteiger partial charge in [-0.15, -0.1) is 0 Å². The highest BCUT2D eigenvalue weighted by atomic mass is 19.2. The molecule has 184 valence electrons. The first-order valence-electron chi connectivity index (χ1n) is 10.6. The van der Waals surface area contributed by atoms with Crippen molar-refractivity contribution in [3.63, 3.8) is 0 Å². The van der Waals surface area contributed by atoms with Crippen LogP contribution in [0.15, 0.2) is 66.7 Å². The maximum Gasteiger partial charge on any atom is 0.357 e. The molecule has 0 atom stereocenters. The van der Waals surface area contributed by atoms with Gasteiger partial charge in [0.2, 0.25) is 0 Å². The number of nitrogens with zero attached hydrogens (tertiary/aromatic N) is 2. The number of aromatic nitrogens is 2. The standard InChI is InChI=1S/C26H19F3N2O5/c1-34-25(32)22-23(30-31(24(22)26(33)35-2)17-6-4-3-5-7-17)18-10-9-16(27)13-21(18)36-14-15-8-11-19(28)20(29)12-15/h3-13H,14H2,1-2H3. The average molecular weight is 496 g/mol. The van der Waals surface area contributed by atoms with Gasteiger partial charge >= 0.3 is 11.9 Å². The fraction of sp³-hybridized carbons (Fsp3) is 0.115. The van der Waals surface area contributed by atoms with Gasteiger partial charge in [0.1, 0.15) is 29.4 Å². The lowest BCUT2D eigenvalue weighted by atomic mass is 10.0. The fourth-order valence-corrected chi connectivity index (χ4v) is 3.54. The molecule has 36 heavy (non-hydrogen) atoms. The summed E-state index contributed by atoms with van der Waals surface area (Å²) in [5, 5.41) is 4.46. The minimum atomic E-state index is -1.06. The van der Waals surface area contributed by atoms with Crippen molar-refractivity contribution in [2.24, 2.45) is 0 Å². The predicted octanol–water partition coefficient (Wildman–Crippen LogP) is 5.11. The molecule has 0 spiro atoms. The van der Waals surface area contributed by atoms with Crippen molar-refractivity contribution in [3.8, 4) is 22.7 Å². The minimum Gasteiger partial charge on any atom is -0.488 e. The summed E-state index contributed by atoms with van der Waals surface area (Å²) >= 11 is 0. The van der Waals surface area contributed by atoms with E-state index in [4.69, 9.17) is 14.2 Å². The molecule has 0 saturated heterocycles.